The fraction of sp³-hybridized carbons (Fsp3) is 0.409. The van der Waals surface area contributed by atoms with Crippen LogP contribution in [0, 0.1) is 5.41 Å². The van der Waals surface area contributed by atoms with E-state index in [0.717, 1.165) is 11.1 Å². The topological polar surface area (TPSA) is 70.0 Å². The Balaban J connectivity index is 1.80. The van der Waals surface area contributed by atoms with Crippen LogP contribution in [-0.2, 0) is 17.8 Å². The van der Waals surface area contributed by atoms with Gasteiger partial charge in [-0.05, 0) is 54.5 Å². The molecule has 3 rings (SSSR count). The molecule has 1 aliphatic heterocycles. The first-order valence-electron chi connectivity index (χ1n) is 9.36. The van der Waals surface area contributed by atoms with E-state index in [9.17, 15) is 15.0 Å². The Hall–Kier alpha value is -2.02. The predicted molar refractivity (Wildman–Crippen MR) is 111 cm³/mol. The number of carbonyl (C=O) groups is 1. The summed E-state index contributed by atoms with van der Waals surface area (Å²) in [5.41, 5.74) is 0.769. The average molecular weight is 402 g/mol. The fourth-order valence-corrected chi connectivity index (χ4v) is 4.30. The molecule has 2 aromatic rings. The van der Waals surface area contributed by atoms with Crippen LogP contribution in [0.4, 0.5) is 0 Å². The molecule has 28 heavy (non-hydrogen) atoms. The molecule has 0 aromatic heterocycles. The second kappa shape index (κ2) is 8.99. The molecule has 1 aliphatic rings. The molecule has 0 spiro atoms. The van der Waals surface area contributed by atoms with E-state index in [1.807, 2.05) is 30.5 Å². The normalized spacial score (nSPS) is 22.8. The predicted octanol–water partition coefficient (Wildman–Crippen LogP) is 3.30. The van der Waals surface area contributed by atoms with E-state index >= 15 is 0 Å². The van der Waals surface area contributed by atoms with Crippen molar-refractivity contribution in [3.05, 3.63) is 59.7 Å². The molecule has 1 fully saturated rings. The number of carboxylic acids is 1. The number of likely N-dealkylation sites (tertiary alicyclic amines) is 1. The summed E-state index contributed by atoms with van der Waals surface area (Å²) in [6.07, 6.45) is 1.87. The van der Waals surface area contributed by atoms with E-state index in [-0.39, 0.29) is 6.42 Å². The summed E-state index contributed by atoms with van der Waals surface area (Å²) >= 11 is 1.70. The molecule has 150 valence electrons. The van der Waals surface area contributed by atoms with Gasteiger partial charge in [-0.1, -0.05) is 24.3 Å². The number of benzene rings is 2. The van der Waals surface area contributed by atoms with Gasteiger partial charge in [0, 0.05) is 24.5 Å². The number of aliphatic carboxylic acids is 1. The smallest absolute Gasteiger partial charge is 0.313 e. The van der Waals surface area contributed by atoms with Crippen LogP contribution >= 0.6 is 11.8 Å². The van der Waals surface area contributed by atoms with Gasteiger partial charge in [-0.3, -0.25) is 9.69 Å². The number of methoxy groups -OCH3 is 1. The Morgan fingerprint density at radius 3 is 2.64 bits per heavy atom. The quantitative estimate of drug-likeness (QED) is 0.694. The Kier molecular flexibility index (Phi) is 6.65. The summed E-state index contributed by atoms with van der Waals surface area (Å²) in [5, 5.41) is 20.8. The van der Waals surface area contributed by atoms with E-state index in [1.165, 1.54) is 4.90 Å². The average Bonchev–Trinajstić information content (AvgIpc) is 2.71. The van der Waals surface area contributed by atoms with Crippen LogP contribution in [0.2, 0.25) is 0 Å². The summed E-state index contributed by atoms with van der Waals surface area (Å²) in [5.74, 6) is -0.265. The maximum absolute atomic E-state index is 12.3. The van der Waals surface area contributed by atoms with Gasteiger partial charge < -0.3 is 14.9 Å². The summed E-state index contributed by atoms with van der Waals surface area (Å²) in [7, 11) is 1.59. The first-order chi connectivity index (χ1) is 13.5. The molecule has 0 radical (unpaired) electrons. The van der Waals surface area contributed by atoms with Crippen LogP contribution < -0.4 is 4.74 Å². The zero-order valence-electron chi connectivity index (χ0n) is 16.3. The van der Waals surface area contributed by atoms with Gasteiger partial charge in [0.25, 0.3) is 0 Å². The number of carboxylic acid groups (broad SMARTS) is 1. The van der Waals surface area contributed by atoms with Gasteiger partial charge in [-0.15, -0.1) is 11.8 Å². The van der Waals surface area contributed by atoms with Crippen LogP contribution in [0.5, 0.6) is 5.75 Å². The van der Waals surface area contributed by atoms with Gasteiger partial charge in [0.2, 0.25) is 0 Å². The summed E-state index contributed by atoms with van der Waals surface area (Å²) in [6, 6.07) is 15.8. The summed E-state index contributed by atoms with van der Waals surface area (Å²) in [6.45, 7) is 1.66. The van der Waals surface area contributed by atoms with Gasteiger partial charge in [0.1, 0.15) is 11.2 Å². The molecule has 0 aliphatic carbocycles. The standard InChI is InChI=1S/C22H27NO4S/c1-27-18-5-3-4-17(12-18)13-22(21(25)26)15-23(11-10-20(22)24)14-16-6-8-19(28-2)9-7-16/h3-9,12,20,24H,10-11,13-15H2,1-2H3,(H,25,26)/t20-,22+/m0/s1. The van der Waals surface area contributed by atoms with Crippen molar-refractivity contribution in [1.29, 1.82) is 0 Å². The molecule has 1 heterocycles. The monoisotopic (exact) mass is 401 g/mol. The largest absolute Gasteiger partial charge is 0.497 e. The minimum absolute atomic E-state index is 0.266. The second-order valence-corrected chi connectivity index (χ2v) is 8.23. The number of rotatable bonds is 7. The number of thioether (sulfide) groups is 1. The minimum Gasteiger partial charge on any atom is -0.497 e. The molecule has 6 heteroatoms. The van der Waals surface area contributed by atoms with Crippen molar-refractivity contribution < 1.29 is 19.7 Å². The van der Waals surface area contributed by atoms with Gasteiger partial charge in [-0.2, -0.15) is 0 Å². The fourth-order valence-electron chi connectivity index (χ4n) is 3.89. The summed E-state index contributed by atoms with van der Waals surface area (Å²) in [4.78, 5) is 15.6. The number of ether oxygens (including phenoxy) is 1. The lowest BCUT2D eigenvalue weighted by atomic mass is 9.72. The molecule has 5 nitrogen and oxygen atoms in total. The Bertz CT molecular complexity index is 810. The zero-order chi connectivity index (χ0) is 20.1. The third kappa shape index (κ3) is 4.51. The maximum Gasteiger partial charge on any atom is 0.313 e. The molecule has 2 atom stereocenters. The molecule has 0 unspecified atom stereocenters. The molecule has 2 N–H and O–H groups in total. The highest BCUT2D eigenvalue weighted by molar-refractivity contribution is 7.98. The number of aliphatic hydroxyl groups excluding tert-OH is 1. The van der Waals surface area contributed by atoms with Crippen LogP contribution in [0.1, 0.15) is 17.5 Å². The number of hydrogen-bond acceptors (Lipinski definition) is 5. The lowest BCUT2D eigenvalue weighted by Gasteiger charge is -2.43. The lowest BCUT2D eigenvalue weighted by Crippen LogP contribution is -2.56. The number of hydrogen-bond donors (Lipinski definition) is 2. The number of nitrogens with zero attached hydrogens (tertiary/aromatic N) is 1. The van der Waals surface area contributed by atoms with Crippen molar-refractivity contribution >= 4 is 17.7 Å². The SMILES string of the molecule is COc1cccc(C[C@@]2(C(=O)O)CN(Cc3ccc(SC)cc3)CC[C@@H]2O)c1. The first-order valence-corrected chi connectivity index (χ1v) is 10.6. The van der Waals surface area contributed by atoms with Crippen LogP contribution in [0.3, 0.4) is 0 Å². The molecule has 0 saturated carbocycles. The van der Waals surface area contributed by atoms with E-state index in [1.54, 1.807) is 18.9 Å². The molecule has 0 bridgehead atoms. The molecule has 1 saturated heterocycles. The molecule has 0 amide bonds. The van der Waals surface area contributed by atoms with Gasteiger partial charge in [0.05, 0.1) is 13.2 Å². The van der Waals surface area contributed by atoms with Gasteiger partial charge in [0.15, 0.2) is 0 Å². The highest BCUT2D eigenvalue weighted by Gasteiger charge is 2.49. The third-order valence-electron chi connectivity index (χ3n) is 5.51. The van der Waals surface area contributed by atoms with Crippen LogP contribution in [0.15, 0.2) is 53.4 Å². The van der Waals surface area contributed by atoms with Crippen LogP contribution in [-0.4, -0.2) is 53.6 Å². The summed E-state index contributed by atoms with van der Waals surface area (Å²) < 4.78 is 5.26. The van der Waals surface area contributed by atoms with Gasteiger partial charge in [-0.25, -0.2) is 0 Å². The van der Waals surface area contributed by atoms with Gasteiger partial charge >= 0.3 is 5.97 Å². The van der Waals surface area contributed by atoms with Crippen molar-refractivity contribution in [2.24, 2.45) is 5.41 Å². The van der Waals surface area contributed by atoms with Crippen molar-refractivity contribution in [1.82, 2.24) is 4.90 Å². The van der Waals surface area contributed by atoms with E-state index in [2.05, 4.69) is 29.2 Å². The lowest BCUT2D eigenvalue weighted by molar-refractivity contribution is -0.163. The van der Waals surface area contributed by atoms with Crippen molar-refractivity contribution in [3.8, 4) is 5.75 Å². The van der Waals surface area contributed by atoms with E-state index < -0.39 is 17.5 Å². The zero-order valence-corrected chi connectivity index (χ0v) is 17.1. The van der Waals surface area contributed by atoms with Crippen LogP contribution in [0.25, 0.3) is 0 Å². The highest BCUT2D eigenvalue weighted by Crippen LogP contribution is 2.36. The minimum atomic E-state index is -1.23. The van der Waals surface area contributed by atoms with E-state index in [4.69, 9.17) is 4.74 Å². The number of piperidine rings is 1. The molecule has 2 aromatic carbocycles. The molecular weight excluding hydrogens is 374 g/mol. The third-order valence-corrected chi connectivity index (χ3v) is 6.25. The highest BCUT2D eigenvalue weighted by atomic mass is 32.2. The number of aliphatic hydroxyl groups is 1. The van der Waals surface area contributed by atoms with Crippen molar-refractivity contribution in [2.75, 3.05) is 26.5 Å². The maximum atomic E-state index is 12.3. The second-order valence-electron chi connectivity index (χ2n) is 7.35. The van der Waals surface area contributed by atoms with Crippen molar-refractivity contribution in [2.45, 2.75) is 30.4 Å². The Morgan fingerprint density at radius 2 is 2.00 bits per heavy atom. The van der Waals surface area contributed by atoms with Crippen molar-refractivity contribution in [3.63, 3.8) is 0 Å². The Labute approximate surface area is 170 Å². The van der Waals surface area contributed by atoms with E-state index in [0.29, 0.717) is 31.8 Å². The Morgan fingerprint density at radius 1 is 1.25 bits per heavy atom. The molecular formula is C22H27NO4S. The first kappa shape index (κ1) is 20.7.